The van der Waals surface area contributed by atoms with Crippen molar-refractivity contribution in [3.63, 3.8) is 0 Å². The van der Waals surface area contributed by atoms with E-state index in [0.29, 0.717) is 16.3 Å². The van der Waals surface area contributed by atoms with Crippen molar-refractivity contribution in [1.82, 2.24) is 10.6 Å². The molecule has 9 nitrogen and oxygen atoms in total. The molecule has 0 aromatic heterocycles. The molecule has 0 radical (unpaired) electrons. The summed E-state index contributed by atoms with van der Waals surface area (Å²) in [6.45, 7) is 5.15. The van der Waals surface area contributed by atoms with Gasteiger partial charge in [-0.05, 0) is 35.8 Å². The van der Waals surface area contributed by atoms with Gasteiger partial charge in [0.25, 0.3) is 0 Å². The minimum atomic E-state index is -1.11. The Morgan fingerprint density at radius 1 is 1.07 bits per heavy atom. The first-order valence-corrected chi connectivity index (χ1v) is 14.7. The molecule has 43 heavy (non-hydrogen) atoms. The van der Waals surface area contributed by atoms with Crippen molar-refractivity contribution in [2.75, 3.05) is 13.7 Å². The van der Waals surface area contributed by atoms with Crippen LogP contribution in [0.1, 0.15) is 44.7 Å². The number of ether oxygens (including phenoxy) is 3. The zero-order chi connectivity index (χ0) is 31.4. The van der Waals surface area contributed by atoms with Crippen LogP contribution in [0.15, 0.2) is 66.8 Å². The molecule has 1 aliphatic rings. The van der Waals surface area contributed by atoms with Gasteiger partial charge in [-0.15, -0.1) is 0 Å². The van der Waals surface area contributed by atoms with Gasteiger partial charge >= 0.3 is 11.9 Å². The summed E-state index contributed by atoms with van der Waals surface area (Å²) in [5.74, 6) is -2.80. The van der Waals surface area contributed by atoms with Gasteiger partial charge in [0, 0.05) is 25.3 Å². The Labute approximate surface area is 257 Å². The lowest BCUT2D eigenvalue weighted by molar-refractivity contribution is -0.174. The highest BCUT2D eigenvalue weighted by atomic mass is 35.5. The maximum Gasteiger partial charge on any atom is 0.347 e. The van der Waals surface area contributed by atoms with Crippen LogP contribution in [0.3, 0.4) is 0 Å². The highest BCUT2D eigenvalue weighted by molar-refractivity contribution is 6.32. The summed E-state index contributed by atoms with van der Waals surface area (Å²) in [4.78, 5) is 52.0. The SMILES string of the molecule is CC[C@@H]1OC(=O)[C@H](C)CNC(=O)[C@@H](Cc2ccc(OC)c(Cl)c2)NC(=O)/C=C/C[C@@H]([C@H](C)/C=C/c2ccccc2)OC1=O. The normalized spacial score (nSPS) is 23.9. The molecular formula is C33H39ClN2O7. The molecule has 2 N–H and O–H groups in total. The lowest BCUT2D eigenvalue weighted by Crippen LogP contribution is -2.49. The topological polar surface area (TPSA) is 120 Å². The monoisotopic (exact) mass is 610 g/mol. The first kappa shape index (κ1) is 33.4. The molecule has 0 saturated carbocycles. The number of cyclic esters (lactones) is 2. The zero-order valence-corrected chi connectivity index (χ0v) is 25.6. The van der Waals surface area contributed by atoms with E-state index in [9.17, 15) is 19.2 Å². The van der Waals surface area contributed by atoms with E-state index in [1.807, 2.05) is 49.4 Å². The fourth-order valence-corrected chi connectivity index (χ4v) is 4.65. The molecule has 0 fully saturated rings. The molecule has 5 atom stereocenters. The number of hydrogen-bond acceptors (Lipinski definition) is 7. The van der Waals surface area contributed by atoms with Crippen LogP contribution in [0.2, 0.25) is 5.02 Å². The summed E-state index contributed by atoms with van der Waals surface area (Å²) in [5, 5.41) is 5.82. The largest absolute Gasteiger partial charge is 0.495 e. The number of rotatable bonds is 7. The number of halogens is 1. The van der Waals surface area contributed by atoms with E-state index in [0.717, 1.165) is 5.56 Å². The van der Waals surface area contributed by atoms with E-state index >= 15 is 0 Å². The Hall–Kier alpha value is -4.11. The molecule has 0 spiro atoms. The molecule has 2 amide bonds. The summed E-state index contributed by atoms with van der Waals surface area (Å²) < 4.78 is 16.5. The Morgan fingerprint density at radius 3 is 2.49 bits per heavy atom. The Kier molecular flexibility index (Phi) is 12.8. The fourth-order valence-electron chi connectivity index (χ4n) is 4.37. The Balaban J connectivity index is 1.86. The third kappa shape index (κ3) is 10.3. The van der Waals surface area contributed by atoms with Crippen LogP contribution in [0.5, 0.6) is 5.75 Å². The summed E-state index contributed by atoms with van der Waals surface area (Å²) in [5.41, 5.74) is 1.69. The molecule has 3 rings (SSSR count). The average Bonchev–Trinajstić information content (AvgIpc) is 3.00. The van der Waals surface area contributed by atoms with Crippen molar-refractivity contribution in [2.24, 2.45) is 11.8 Å². The molecule has 2 aromatic carbocycles. The minimum Gasteiger partial charge on any atom is -0.495 e. The third-order valence-electron chi connectivity index (χ3n) is 7.05. The van der Waals surface area contributed by atoms with Gasteiger partial charge in [0.05, 0.1) is 18.1 Å². The molecule has 0 aliphatic carbocycles. The fraction of sp³-hybridized carbons (Fsp3) is 0.394. The van der Waals surface area contributed by atoms with Gasteiger partial charge < -0.3 is 24.8 Å². The molecule has 0 saturated heterocycles. The second-order valence-electron chi connectivity index (χ2n) is 10.5. The third-order valence-corrected chi connectivity index (χ3v) is 7.34. The second kappa shape index (κ2) is 16.5. The Bertz CT molecular complexity index is 1330. The first-order valence-electron chi connectivity index (χ1n) is 14.3. The lowest BCUT2D eigenvalue weighted by Gasteiger charge is -2.25. The summed E-state index contributed by atoms with van der Waals surface area (Å²) in [7, 11) is 1.50. The molecule has 2 aromatic rings. The number of amides is 2. The molecule has 1 aliphatic heterocycles. The van der Waals surface area contributed by atoms with E-state index in [-0.39, 0.29) is 31.7 Å². The molecular weight excluding hydrogens is 572 g/mol. The highest BCUT2D eigenvalue weighted by Crippen LogP contribution is 2.25. The van der Waals surface area contributed by atoms with Crippen LogP contribution in [-0.2, 0) is 35.1 Å². The maximum atomic E-state index is 13.2. The van der Waals surface area contributed by atoms with Crippen LogP contribution in [0.4, 0.5) is 0 Å². The quantitative estimate of drug-likeness (QED) is 0.437. The summed E-state index contributed by atoms with van der Waals surface area (Å²) in [6, 6.07) is 13.8. The molecule has 1 heterocycles. The van der Waals surface area contributed by atoms with Gasteiger partial charge in [0.2, 0.25) is 11.8 Å². The average molecular weight is 611 g/mol. The van der Waals surface area contributed by atoms with Crippen LogP contribution < -0.4 is 15.4 Å². The van der Waals surface area contributed by atoms with E-state index in [1.54, 1.807) is 38.1 Å². The van der Waals surface area contributed by atoms with Crippen molar-refractivity contribution in [1.29, 1.82) is 0 Å². The second-order valence-corrected chi connectivity index (χ2v) is 10.9. The number of methoxy groups -OCH3 is 1. The van der Waals surface area contributed by atoms with E-state index in [4.69, 9.17) is 25.8 Å². The summed E-state index contributed by atoms with van der Waals surface area (Å²) in [6.07, 6.45) is 5.60. The smallest absolute Gasteiger partial charge is 0.347 e. The number of carbonyl (C=O) groups excluding carboxylic acids is 4. The van der Waals surface area contributed by atoms with Crippen molar-refractivity contribution >= 4 is 41.4 Å². The Morgan fingerprint density at radius 2 is 1.81 bits per heavy atom. The first-order chi connectivity index (χ1) is 20.6. The van der Waals surface area contributed by atoms with Crippen molar-refractivity contribution in [2.45, 2.75) is 58.3 Å². The van der Waals surface area contributed by atoms with Gasteiger partial charge in [0.1, 0.15) is 17.9 Å². The number of nitrogens with one attached hydrogen (secondary N) is 2. The predicted octanol–water partition coefficient (Wildman–Crippen LogP) is 4.67. The van der Waals surface area contributed by atoms with E-state index in [2.05, 4.69) is 10.6 Å². The number of benzene rings is 2. The van der Waals surface area contributed by atoms with Gasteiger partial charge in [-0.1, -0.05) is 87.0 Å². The van der Waals surface area contributed by atoms with Gasteiger partial charge in [-0.25, -0.2) is 4.79 Å². The summed E-state index contributed by atoms with van der Waals surface area (Å²) >= 11 is 6.27. The lowest BCUT2D eigenvalue weighted by atomic mass is 9.99. The van der Waals surface area contributed by atoms with Crippen LogP contribution in [-0.4, -0.2) is 55.7 Å². The van der Waals surface area contributed by atoms with E-state index < -0.39 is 47.9 Å². The minimum absolute atomic E-state index is 0.0569. The van der Waals surface area contributed by atoms with Crippen molar-refractivity contribution < 1.29 is 33.4 Å². The van der Waals surface area contributed by atoms with Crippen LogP contribution >= 0.6 is 11.6 Å². The number of carbonyl (C=O) groups is 4. The van der Waals surface area contributed by atoms with Gasteiger partial charge in [0.15, 0.2) is 6.10 Å². The van der Waals surface area contributed by atoms with Gasteiger partial charge in [-0.3, -0.25) is 14.4 Å². The molecule has 10 heteroatoms. The standard InChI is InChI=1S/C33H39ClN2O7/c1-5-27-33(40)43-28(21(2)14-15-23-10-7-6-8-11-23)12-9-13-30(37)36-26(31(38)35-20-22(3)32(39)42-27)19-24-16-17-29(41-4)25(34)18-24/h6-11,13-18,21-22,26-28H,5,12,19-20H2,1-4H3,(H,35,38)(H,36,37)/b13-9+,15-14+/t21-,22-,26-,27+,28+/m1/s1. The molecule has 0 bridgehead atoms. The van der Waals surface area contributed by atoms with E-state index in [1.165, 1.54) is 13.2 Å². The molecule has 230 valence electrons. The van der Waals surface area contributed by atoms with Gasteiger partial charge in [-0.2, -0.15) is 0 Å². The van der Waals surface area contributed by atoms with Crippen LogP contribution in [0.25, 0.3) is 6.08 Å². The number of esters is 2. The van der Waals surface area contributed by atoms with Crippen LogP contribution in [0, 0.1) is 11.8 Å². The maximum absolute atomic E-state index is 13.2. The predicted molar refractivity (Wildman–Crippen MR) is 164 cm³/mol. The number of hydrogen-bond donors (Lipinski definition) is 2. The zero-order valence-electron chi connectivity index (χ0n) is 24.9. The van der Waals surface area contributed by atoms with Crippen molar-refractivity contribution in [3.05, 3.63) is 82.9 Å². The highest BCUT2D eigenvalue weighted by Gasteiger charge is 2.30. The molecule has 0 unspecified atom stereocenters. The van der Waals surface area contributed by atoms with Crippen molar-refractivity contribution in [3.8, 4) is 5.75 Å².